The zero-order valence-corrected chi connectivity index (χ0v) is 10.5. The van der Waals surface area contributed by atoms with Crippen LogP contribution >= 0.6 is 34.8 Å². The highest BCUT2D eigenvalue weighted by molar-refractivity contribution is 6.42. The van der Waals surface area contributed by atoms with Gasteiger partial charge in [0.1, 0.15) is 0 Å². The Labute approximate surface area is 108 Å². The molecule has 84 valence electrons. The number of aromatic nitrogens is 3. The molecule has 0 aliphatic heterocycles. The topological polar surface area (TPSA) is 30.7 Å². The number of hydrogen-bond donors (Lipinski definition) is 0. The van der Waals surface area contributed by atoms with Crippen molar-refractivity contribution in [2.75, 3.05) is 0 Å². The smallest absolute Gasteiger partial charge is 0.0974 e. The summed E-state index contributed by atoms with van der Waals surface area (Å²) in [6.07, 6.45) is 1.80. The summed E-state index contributed by atoms with van der Waals surface area (Å²) in [7, 11) is 0. The van der Waals surface area contributed by atoms with Crippen LogP contribution in [0.3, 0.4) is 0 Å². The second-order valence-corrected chi connectivity index (χ2v) is 4.37. The second-order valence-electron chi connectivity index (χ2n) is 3.29. The number of rotatable bonds is 3. The fourth-order valence-electron chi connectivity index (χ4n) is 1.30. The summed E-state index contributed by atoms with van der Waals surface area (Å²) in [5, 5.41) is 8.92. The van der Waals surface area contributed by atoms with E-state index in [-0.39, 0.29) is 0 Å². The Morgan fingerprint density at radius 1 is 1.19 bits per heavy atom. The molecule has 2 aromatic rings. The van der Waals surface area contributed by atoms with Crippen LogP contribution < -0.4 is 0 Å². The van der Waals surface area contributed by atoms with Gasteiger partial charge in [0.15, 0.2) is 0 Å². The molecule has 1 heterocycles. The van der Waals surface area contributed by atoms with Crippen LogP contribution in [-0.4, -0.2) is 15.0 Å². The van der Waals surface area contributed by atoms with Crippen LogP contribution in [0.2, 0.25) is 10.0 Å². The molecule has 0 N–H and O–H groups in total. The predicted octanol–water partition coefficient (Wildman–Crippen LogP) is 3.37. The average molecular weight is 277 g/mol. The van der Waals surface area contributed by atoms with Gasteiger partial charge in [-0.05, 0) is 17.7 Å². The first kappa shape index (κ1) is 11.7. The summed E-state index contributed by atoms with van der Waals surface area (Å²) in [4.78, 5) is 0. The summed E-state index contributed by atoms with van der Waals surface area (Å²) in [5.41, 5.74) is 1.77. The molecule has 0 atom stereocenters. The molecular formula is C10H8Cl3N3. The molecular weight excluding hydrogens is 268 g/mol. The van der Waals surface area contributed by atoms with Crippen LogP contribution in [0.15, 0.2) is 24.4 Å². The van der Waals surface area contributed by atoms with Gasteiger partial charge in [-0.1, -0.05) is 34.5 Å². The summed E-state index contributed by atoms with van der Waals surface area (Å²) >= 11 is 17.4. The minimum Gasteiger partial charge on any atom is -0.248 e. The van der Waals surface area contributed by atoms with Gasteiger partial charge in [0, 0.05) is 0 Å². The van der Waals surface area contributed by atoms with E-state index < -0.39 is 0 Å². The van der Waals surface area contributed by atoms with Crippen molar-refractivity contribution in [2.45, 2.75) is 12.4 Å². The zero-order chi connectivity index (χ0) is 11.5. The summed E-state index contributed by atoms with van der Waals surface area (Å²) in [5.74, 6) is 0.362. The van der Waals surface area contributed by atoms with Crippen LogP contribution in [0.5, 0.6) is 0 Å². The third-order valence-corrected chi connectivity index (χ3v) is 3.06. The lowest BCUT2D eigenvalue weighted by Gasteiger charge is -2.02. The molecule has 0 fully saturated rings. The fraction of sp³-hybridized carbons (Fsp3) is 0.200. The monoisotopic (exact) mass is 275 g/mol. The lowest BCUT2D eigenvalue weighted by atomic mass is 10.2. The van der Waals surface area contributed by atoms with E-state index in [9.17, 15) is 0 Å². The highest BCUT2D eigenvalue weighted by Crippen LogP contribution is 2.22. The first-order valence-corrected chi connectivity index (χ1v) is 5.87. The molecule has 1 aromatic heterocycles. The van der Waals surface area contributed by atoms with Gasteiger partial charge in [-0.25, -0.2) is 4.68 Å². The maximum Gasteiger partial charge on any atom is 0.0974 e. The van der Waals surface area contributed by atoms with E-state index in [2.05, 4.69) is 10.3 Å². The van der Waals surface area contributed by atoms with Crippen molar-refractivity contribution < 1.29 is 0 Å². The normalized spacial score (nSPS) is 10.7. The summed E-state index contributed by atoms with van der Waals surface area (Å²) in [6.45, 7) is 0.598. The van der Waals surface area contributed by atoms with E-state index in [1.165, 1.54) is 0 Å². The zero-order valence-electron chi connectivity index (χ0n) is 8.20. The van der Waals surface area contributed by atoms with Gasteiger partial charge in [0.25, 0.3) is 0 Å². The van der Waals surface area contributed by atoms with E-state index in [0.717, 1.165) is 11.3 Å². The summed E-state index contributed by atoms with van der Waals surface area (Å²) < 4.78 is 1.71. The van der Waals surface area contributed by atoms with Crippen LogP contribution in [0.25, 0.3) is 0 Å². The number of alkyl halides is 1. The third kappa shape index (κ3) is 2.67. The quantitative estimate of drug-likeness (QED) is 0.805. The highest BCUT2D eigenvalue weighted by atomic mass is 35.5. The van der Waals surface area contributed by atoms with Gasteiger partial charge in [0.05, 0.1) is 34.4 Å². The van der Waals surface area contributed by atoms with Crippen molar-refractivity contribution in [1.82, 2.24) is 15.0 Å². The van der Waals surface area contributed by atoms with Gasteiger partial charge < -0.3 is 0 Å². The average Bonchev–Trinajstić information content (AvgIpc) is 2.71. The van der Waals surface area contributed by atoms with Crippen molar-refractivity contribution in [2.24, 2.45) is 0 Å². The minimum atomic E-state index is 0.362. The van der Waals surface area contributed by atoms with Gasteiger partial charge in [-0.3, -0.25) is 0 Å². The fourth-order valence-corrected chi connectivity index (χ4v) is 1.75. The van der Waals surface area contributed by atoms with Gasteiger partial charge in [0.2, 0.25) is 0 Å². The SMILES string of the molecule is ClCc1cn(Cc2ccc(Cl)c(Cl)c2)nn1. The molecule has 3 nitrogen and oxygen atoms in total. The molecule has 0 saturated heterocycles. The molecule has 1 aromatic carbocycles. The standard InChI is InChI=1S/C10H8Cl3N3/c11-4-8-6-16(15-14-8)5-7-1-2-9(12)10(13)3-7/h1-3,6H,4-5H2. The van der Waals surface area contributed by atoms with E-state index in [1.54, 1.807) is 16.9 Å². The van der Waals surface area contributed by atoms with E-state index in [0.29, 0.717) is 22.5 Å². The third-order valence-electron chi connectivity index (χ3n) is 2.05. The molecule has 0 aliphatic rings. The first-order valence-electron chi connectivity index (χ1n) is 4.58. The Hall–Kier alpha value is -0.770. The maximum atomic E-state index is 5.91. The van der Waals surface area contributed by atoms with Crippen molar-refractivity contribution in [3.63, 3.8) is 0 Å². The Bertz CT molecular complexity index is 496. The Morgan fingerprint density at radius 2 is 2.00 bits per heavy atom. The lowest BCUT2D eigenvalue weighted by Crippen LogP contribution is -2.00. The maximum absolute atomic E-state index is 5.91. The van der Waals surface area contributed by atoms with Gasteiger partial charge >= 0.3 is 0 Å². The van der Waals surface area contributed by atoms with E-state index >= 15 is 0 Å². The van der Waals surface area contributed by atoms with Crippen LogP contribution in [0, 0.1) is 0 Å². The number of halogens is 3. The Morgan fingerprint density at radius 3 is 2.62 bits per heavy atom. The van der Waals surface area contributed by atoms with Gasteiger partial charge in [-0.15, -0.1) is 16.7 Å². The molecule has 6 heteroatoms. The molecule has 0 unspecified atom stereocenters. The molecule has 16 heavy (non-hydrogen) atoms. The molecule has 0 saturated carbocycles. The summed E-state index contributed by atoms with van der Waals surface area (Å²) in [6, 6.07) is 5.47. The first-order chi connectivity index (χ1) is 7.69. The van der Waals surface area contributed by atoms with Crippen LogP contribution in [0.1, 0.15) is 11.3 Å². The number of benzene rings is 1. The molecule has 0 aliphatic carbocycles. The largest absolute Gasteiger partial charge is 0.248 e. The number of nitrogens with zero attached hydrogens (tertiary/aromatic N) is 3. The van der Waals surface area contributed by atoms with Crippen molar-refractivity contribution >= 4 is 34.8 Å². The Balaban J connectivity index is 2.17. The molecule has 0 bridgehead atoms. The molecule has 0 spiro atoms. The lowest BCUT2D eigenvalue weighted by molar-refractivity contribution is 0.649. The molecule has 0 amide bonds. The van der Waals surface area contributed by atoms with Crippen molar-refractivity contribution in [3.05, 3.63) is 45.7 Å². The highest BCUT2D eigenvalue weighted by Gasteiger charge is 2.03. The molecule has 0 radical (unpaired) electrons. The number of hydrogen-bond acceptors (Lipinski definition) is 2. The van der Waals surface area contributed by atoms with Gasteiger partial charge in [-0.2, -0.15) is 0 Å². The van der Waals surface area contributed by atoms with Crippen molar-refractivity contribution in [1.29, 1.82) is 0 Å². The van der Waals surface area contributed by atoms with Crippen molar-refractivity contribution in [3.8, 4) is 0 Å². The van der Waals surface area contributed by atoms with Crippen LogP contribution in [-0.2, 0) is 12.4 Å². The minimum absolute atomic E-state index is 0.362. The molecule has 2 rings (SSSR count). The van der Waals surface area contributed by atoms with E-state index in [4.69, 9.17) is 34.8 Å². The Kier molecular flexibility index (Phi) is 3.69. The van der Waals surface area contributed by atoms with Crippen LogP contribution in [0.4, 0.5) is 0 Å². The predicted molar refractivity (Wildman–Crippen MR) is 65.1 cm³/mol. The second kappa shape index (κ2) is 5.04. The van der Waals surface area contributed by atoms with E-state index in [1.807, 2.05) is 12.1 Å².